The summed E-state index contributed by atoms with van der Waals surface area (Å²) in [6.45, 7) is 7.68. The quantitative estimate of drug-likeness (QED) is 0.173. The van der Waals surface area contributed by atoms with E-state index in [2.05, 4.69) is 39.6 Å². The van der Waals surface area contributed by atoms with Gasteiger partial charge in [0.25, 0.3) is 0 Å². The van der Waals surface area contributed by atoms with Crippen LogP contribution in [0.1, 0.15) is 32.6 Å². The lowest BCUT2D eigenvalue weighted by Crippen LogP contribution is -2.45. The first-order valence-electron chi connectivity index (χ1n) is 11.3. The zero-order chi connectivity index (χ0) is 20.4. The third kappa shape index (κ3) is 4.69. The van der Waals surface area contributed by atoms with Gasteiger partial charge in [0.1, 0.15) is 0 Å². The topological polar surface area (TPSA) is 77.0 Å². The van der Waals surface area contributed by atoms with Crippen molar-refractivity contribution < 1.29 is 9.59 Å². The summed E-state index contributed by atoms with van der Waals surface area (Å²) in [5, 5.41) is 6.70. The average molecular weight is 529 g/mol. The molecule has 1 saturated carbocycles. The molecular formula is C22H36IN5O2. The lowest BCUT2D eigenvalue weighted by atomic mass is 9.85. The van der Waals surface area contributed by atoms with Gasteiger partial charge in [0, 0.05) is 26.7 Å². The minimum Gasteiger partial charge on any atom is -0.356 e. The second-order valence-corrected chi connectivity index (χ2v) is 8.99. The van der Waals surface area contributed by atoms with Crippen LogP contribution in [0.15, 0.2) is 17.1 Å². The average Bonchev–Trinajstić information content (AvgIpc) is 3.41. The highest BCUT2D eigenvalue weighted by Gasteiger charge is 2.58. The molecule has 0 spiro atoms. The van der Waals surface area contributed by atoms with Crippen LogP contribution >= 0.6 is 24.0 Å². The third-order valence-corrected chi connectivity index (χ3v) is 7.22. The molecule has 2 heterocycles. The summed E-state index contributed by atoms with van der Waals surface area (Å²) >= 11 is 0. The van der Waals surface area contributed by atoms with Crippen molar-refractivity contribution in [2.24, 2.45) is 34.6 Å². The largest absolute Gasteiger partial charge is 0.356 e. The Hall–Kier alpha value is -1.16. The normalized spacial score (nSPS) is 31.3. The number of allylic oxidation sites excluding steroid dienone is 2. The molecule has 0 aromatic rings. The van der Waals surface area contributed by atoms with Gasteiger partial charge in [-0.3, -0.25) is 19.5 Å². The van der Waals surface area contributed by atoms with Gasteiger partial charge in [0.05, 0.1) is 11.8 Å². The molecule has 4 atom stereocenters. The fourth-order valence-electron chi connectivity index (χ4n) is 5.66. The molecule has 2 amide bonds. The number of aliphatic imine (C=N–C) groups is 1. The number of likely N-dealkylation sites (tertiary alicyclic amines) is 2. The number of amides is 2. The molecule has 168 valence electrons. The molecule has 0 radical (unpaired) electrons. The molecule has 4 rings (SSSR count). The van der Waals surface area contributed by atoms with Crippen LogP contribution in [-0.4, -0.2) is 73.9 Å². The maximum Gasteiger partial charge on any atom is 0.233 e. The smallest absolute Gasteiger partial charge is 0.233 e. The Morgan fingerprint density at radius 2 is 1.70 bits per heavy atom. The minimum atomic E-state index is -0.103. The number of imide groups is 1. The third-order valence-electron chi connectivity index (χ3n) is 7.22. The Morgan fingerprint density at radius 3 is 2.27 bits per heavy atom. The summed E-state index contributed by atoms with van der Waals surface area (Å²) in [6.07, 6.45) is 8.92. The van der Waals surface area contributed by atoms with Gasteiger partial charge >= 0.3 is 0 Å². The molecule has 0 aromatic carbocycles. The van der Waals surface area contributed by atoms with Crippen LogP contribution in [0.25, 0.3) is 0 Å². The standard InChI is InChI=1S/C22H35N5O2.HI/c1-3-9-26-10-6-15(7-11-26)14-25-22(23-2)24-8-12-27-20(28)18-16-4-5-17(13-16)19(18)21(27)29;/h4-5,15-19H,3,6-14H2,1-2H3,(H2,23,24,25);1H. The van der Waals surface area contributed by atoms with Crippen molar-refractivity contribution in [2.45, 2.75) is 32.6 Å². The van der Waals surface area contributed by atoms with Crippen LogP contribution < -0.4 is 10.6 Å². The maximum atomic E-state index is 12.7. The van der Waals surface area contributed by atoms with Crippen LogP contribution in [0.2, 0.25) is 0 Å². The van der Waals surface area contributed by atoms with Gasteiger partial charge < -0.3 is 15.5 Å². The van der Waals surface area contributed by atoms with E-state index >= 15 is 0 Å². The van der Waals surface area contributed by atoms with E-state index in [0.29, 0.717) is 19.0 Å². The van der Waals surface area contributed by atoms with Crippen LogP contribution in [0.3, 0.4) is 0 Å². The van der Waals surface area contributed by atoms with Gasteiger partial charge in [-0.1, -0.05) is 19.1 Å². The van der Waals surface area contributed by atoms with Crippen molar-refractivity contribution >= 4 is 41.8 Å². The molecule has 2 saturated heterocycles. The van der Waals surface area contributed by atoms with E-state index in [1.807, 2.05) is 0 Å². The number of guanidine groups is 1. The van der Waals surface area contributed by atoms with Crippen LogP contribution in [0.4, 0.5) is 0 Å². The second kappa shape index (κ2) is 10.4. The minimum absolute atomic E-state index is 0. The van der Waals surface area contributed by atoms with Gasteiger partial charge in [-0.25, -0.2) is 0 Å². The Labute approximate surface area is 197 Å². The van der Waals surface area contributed by atoms with Gasteiger partial charge in [0.2, 0.25) is 11.8 Å². The number of halogens is 1. The first-order valence-corrected chi connectivity index (χ1v) is 11.3. The molecule has 3 fully saturated rings. The molecule has 0 aromatic heterocycles. The van der Waals surface area contributed by atoms with Gasteiger partial charge in [-0.05, 0) is 63.1 Å². The van der Waals surface area contributed by atoms with E-state index in [4.69, 9.17) is 0 Å². The predicted molar refractivity (Wildman–Crippen MR) is 129 cm³/mol. The lowest BCUT2D eigenvalue weighted by Gasteiger charge is -2.32. The number of rotatable bonds is 7. The molecule has 7 nitrogen and oxygen atoms in total. The SMILES string of the molecule is CCCN1CCC(CNC(=NC)NCCN2C(=O)C3C4C=CC(C4)C3C2=O)CC1.I. The van der Waals surface area contributed by atoms with Gasteiger partial charge in [-0.2, -0.15) is 0 Å². The lowest BCUT2D eigenvalue weighted by molar-refractivity contribution is -0.140. The molecule has 2 bridgehead atoms. The van der Waals surface area contributed by atoms with Crippen molar-refractivity contribution in [1.29, 1.82) is 0 Å². The highest BCUT2D eigenvalue weighted by atomic mass is 127. The summed E-state index contributed by atoms with van der Waals surface area (Å²) in [4.78, 5) is 33.8. The van der Waals surface area contributed by atoms with Crippen molar-refractivity contribution in [3.05, 3.63) is 12.2 Å². The summed E-state index contributed by atoms with van der Waals surface area (Å²) in [6, 6.07) is 0. The van der Waals surface area contributed by atoms with Crippen molar-refractivity contribution in [3.8, 4) is 0 Å². The molecule has 4 unspecified atom stereocenters. The predicted octanol–water partition coefficient (Wildman–Crippen LogP) is 1.70. The van der Waals surface area contributed by atoms with Crippen LogP contribution in [-0.2, 0) is 9.59 Å². The van der Waals surface area contributed by atoms with E-state index in [9.17, 15) is 9.59 Å². The summed E-state index contributed by atoms with van der Waals surface area (Å²) in [7, 11) is 1.76. The molecule has 8 heteroatoms. The summed E-state index contributed by atoms with van der Waals surface area (Å²) in [5.41, 5.74) is 0. The second-order valence-electron chi connectivity index (χ2n) is 8.99. The van der Waals surface area contributed by atoms with Crippen LogP contribution in [0.5, 0.6) is 0 Å². The summed E-state index contributed by atoms with van der Waals surface area (Å²) in [5.74, 6) is 1.82. The van der Waals surface area contributed by atoms with E-state index in [1.54, 1.807) is 7.05 Å². The fourth-order valence-corrected chi connectivity index (χ4v) is 5.66. The molecule has 4 aliphatic rings. The number of hydrogen-bond acceptors (Lipinski definition) is 4. The number of nitrogens with zero attached hydrogens (tertiary/aromatic N) is 3. The first-order chi connectivity index (χ1) is 14.1. The van der Waals surface area contributed by atoms with E-state index in [0.717, 1.165) is 18.9 Å². The van der Waals surface area contributed by atoms with E-state index < -0.39 is 0 Å². The van der Waals surface area contributed by atoms with Crippen molar-refractivity contribution in [3.63, 3.8) is 0 Å². The van der Waals surface area contributed by atoms with Crippen LogP contribution in [0, 0.1) is 29.6 Å². The van der Waals surface area contributed by atoms with E-state index in [-0.39, 0.29) is 59.5 Å². The molecule has 30 heavy (non-hydrogen) atoms. The van der Waals surface area contributed by atoms with Gasteiger partial charge in [0.15, 0.2) is 5.96 Å². The Bertz CT molecular complexity index is 659. The number of nitrogens with one attached hydrogen (secondary N) is 2. The van der Waals surface area contributed by atoms with Gasteiger partial charge in [-0.15, -0.1) is 24.0 Å². The number of piperidine rings is 1. The number of carbonyl (C=O) groups excluding carboxylic acids is 2. The number of hydrogen-bond donors (Lipinski definition) is 2. The molecule has 2 N–H and O–H groups in total. The maximum absolute atomic E-state index is 12.7. The number of fused-ring (bicyclic) bond motifs is 5. The Morgan fingerprint density at radius 1 is 1.07 bits per heavy atom. The molecule has 2 aliphatic heterocycles. The highest BCUT2D eigenvalue weighted by Crippen LogP contribution is 2.52. The summed E-state index contributed by atoms with van der Waals surface area (Å²) < 4.78 is 0. The van der Waals surface area contributed by atoms with Crippen molar-refractivity contribution in [1.82, 2.24) is 20.4 Å². The van der Waals surface area contributed by atoms with Crippen molar-refractivity contribution in [2.75, 3.05) is 46.3 Å². The zero-order valence-corrected chi connectivity index (χ0v) is 20.5. The Kier molecular flexibility index (Phi) is 8.17. The molecular weight excluding hydrogens is 493 g/mol. The first kappa shape index (κ1) is 23.5. The zero-order valence-electron chi connectivity index (χ0n) is 18.2. The highest BCUT2D eigenvalue weighted by molar-refractivity contribution is 14.0. The number of carbonyl (C=O) groups is 2. The molecule has 2 aliphatic carbocycles. The van der Waals surface area contributed by atoms with E-state index in [1.165, 1.54) is 43.8 Å². The fraction of sp³-hybridized carbons (Fsp3) is 0.773. The Balaban J connectivity index is 0.00000256. The monoisotopic (exact) mass is 529 g/mol.